The zero-order chi connectivity index (χ0) is 12.9. The van der Waals surface area contributed by atoms with Gasteiger partial charge in [-0.2, -0.15) is 13.2 Å². The van der Waals surface area contributed by atoms with E-state index in [1.165, 1.54) is 12.1 Å². The topological polar surface area (TPSA) is 12.0 Å². The molecule has 0 saturated heterocycles. The molecule has 1 rings (SSSR count). The number of hydrogen-bond donors (Lipinski definition) is 1. The molecule has 0 amide bonds. The van der Waals surface area contributed by atoms with Gasteiger partial charge in [-0.3, -0.25) is 0 Å². The van der Waals surface area contributed by atoms with Crippen LogP contribution in [0.1, 0.15) is 30.5 Å². The maximum absolute atomic E-state index is 12.3. The first-order valence-corrected chi connectivity index (χ1v) is 5.29. The quantitative estimate of drug-likeness (QED) is 0.629. The van der Waals surface area contributed by atoms with Gasteiger partial charge in [0.2, 0.25) is 0 Å². The van der Waals surface area contributed by atoms with Crippen LogP contribution in [0, 0.1) is 12.3 Å². The van der Waals surface area contributed by atoms with Crippen molar-refractivity contribution in [1.29, 1.82) is 0 Å². The molecule has 0 aliphatic carbocycles. The fourth-order valence-electron chi connectivity index (χ4n) is 1.44. The van der Waals surface area contributed by atoms with Gasteiger partial charge < -0.3 is 5.32 Å². The number of terminal acetylenes is 1. The van der Waals surface area contributed by atoms with Crippen LogP contribution in [0.2, 0.25) is 0 Å². The molecular formula is C13H14F3N. The van der Waals surface area contributed by atoms with Gasteiger partial charge in [-0.15, -0.1) is 12.3 Å². The Bertz CT molecular complexity index is 387. The third-order valence-corrected chi connectivity index (χ3v) is 2.46. The van der Waals surface area contributed by atoms with Gasteiger partial charge in [0.05, 0.1) is 5.56 Å². The van der Waals surface area contributed by atoms with E-state index >= 15 is 0 Å². The highest BCUT2D eigenvalue weighted by Gasteiger charge is 2.30. The van der Waals surface area contributed by atoms with E-state index in [1.807, 2.05) is 6.92 Å². The second kappa shape index (κ2) is 5.74. The van der Waals surface area contributed by atoms with Crippen molar-refractivity contribution in [3.8, 4) is 12.3 Å². The van der Waals surface area contributed by atoms with Crippen LogP contribution >= 0.6 is 0 Å². The van der Waals surface area contributed by atoms with Gasteiger partial charge in [-0.25, -0.2) is 0 Å². The average molecular weight is 241 g/mol. The second-order valence-electron chi connectivity index (χ2n) is 3.75. The molecule has 0 aliphatic heterocycles. The number of alkyl halides is 3. The zero-order valence-electron chi connectivity index (χ0n) is 9.51. The summed E-state index contributed by atoms with van der Waals surface area (Å²) in [6.07, 6.45) is 1.43. The molecule has 1 aromatic rings. The van der Waals surface area contributed by atoms with E-state index in [2.05, 4.69) is 11.2 Å². The van der Waals surface area contributed by atoms with Crippen molar-refractivity contribution in [2.24, 2.45) is 0 Å². The largest absolute Gasteiger partial charge is 0.416 e. The molecule has 0 spiro atoms. The monoisotopic (exact) mass is 241 g/mol. The van der Waals surface area contributed by atoms with E-state index in [1.54, 1.807) is 0 Å². The Morgan fingerprint density at radius 1 is 1.29 bits per heavy atom. The minimum absolute atomic E-state index is 0.00867. The number of nitrogens with one attached hydrogen (secondary N) is 1. The Labute approximate surface area is 99.0 Å². The van der Waals surface area contributed by atoms with Crippen LogP contribution in [-0.4, -0.2) is 6.54 Å². The minimum Gasteiger partial charge on any atom is -0.309 e. The highest BCUT2D eigenvalue weighted by Crippen LogP contribution is 2.29. The summed E-state index contributed by atoms with van der Waals surface area (Å²) < 4.78 is 37.0. The molecule has 0 fully saturated rings. The van der Waals surface area contributed by atoms with E-state index in [0.29, 0.717) is 13.0 Å². The van der Waals surface area contributed by atoms with Crippen LogP contribution in [0.4, 0.5) is 13.2 Å². The summed E-state index contributed by atoms with van der Waals surface area (Å²) in [5, 5.41) is 3.13. The van der Waals surface area contributed by atoms with Crippen molar-refractivity contribution in [3.63, 3.8) is 0 Å². The standard InChI is InChI=1S/C13H14F3N/c1-3-4-9-17-10(2)11-5-7-12(8-6-11)13(14,15)16/h1,5-8,10,17H,4,9H2,2H3. The molecule has 17 heavy (non-hydrogen) atoms. The van der Waals surface area contributed by atoms with Crippen molar-refractivity contribution in [3.05, 3.63) is 35.4 Å². The van der Waals surface area contributed by atoms with Gasteiger partial charge in [0.1, 0.15) is 0 Å². The average Bonchev–Trinajstić information content (AvgIpc) is 2.28. The lowest BCUT2D eigenvalue weighted by molar-refractivity contribution is -0.137. The third-order valence-electron chi connectivity index (χ3n) is 2.46. The fourth-order valence-corrected chi connectivity index (χ4v) is 1.44. The highest BCUT2D eigenvalue weighted by molar-refractivity contribution is 5.26. The fraction of sp³-hybridized carbons (Fsp3) is 0.385. The van der Waals surface area contributed by atoms with Crippen molar-refractivity contribution < 1.29 is 13.2 Å². The first-order valence-electron chi connectivity index (χ1n) is 5.29. The van der Waals surface area contributed by atoms with Crippen molar-refractivity contribution >= 4 is 0 Å². The molecule has 1 N–H and O–H groups in total. The molecule has 1 nitrogen and oxygen atoms in total. The second-order valence-corrected chi connectivity index (χ2v) is 3.75. The van der Waals surface area contributed by atoms with Crippen LogP contribution < -0.4 is 5.32 Å². The summed E-state index contributed by atoms with van der Waals surface area (Å²) in [4.78, 5) is 0. The van der Waals surface area contributed by atoms with Gasteiger partial charge in [0, 0.05) is 19.0 Å². The minimum atomic E-state index is -4.28. The number of halogens is 3. The predicted molar refractivity (Wildman–Crippen MR) is 61.3 cm³/mol. The third kappa shape index (κ3) is 4.12. The molecule has 92 valence electrons. The molecule has 0 heterocycles. The maximum atomic E-state index is 12.3. The van der Waals surface area contributed by atoms with E-state index < -0.39 is 11.7 Å². The first kappa shape index (κ1) is 13.6. The zero-order valence-corrected chi connectivity index (χ0v) is 9.51. The Balaban J connectivity index is 2.65. The Kier molecular flexibility index (Phi) is 4.59. The van der Waals surface area contributed by atoms with Crippen molar-refractivity contribution in [2.75, 3.05) is 6.54 Å². The van der Waals surface area contributed by atoms with Gasteiger partial charge >= 0.3 is 6.18 Å². The van der Waals surface area contributed by atoms with Crippen molar-refractivity contribution in [2.45, 2.75) is 25.6 Å². The lowest BCUT2D eigenvalue weighted by Gasteiger charge is -2.14. The van der Waals surface area contributed by atoms with Crippen LogP contribution in [0.25, 0.3) is 0 Å². The summed E-state index contributed by atoms with van der Waals surface area (Å²) in [7, 11) is 0. The van der Waals surface area contributed by atoms with Crippen LogP contribution in [0.3, 0.4) is 0 Å². The maximum Gasteiger partial charge on any atom is 0.416 e. The van der Waals surface area contributed by atoms with Gasteiger partial charge in [0.15, 0.2) is 0 Å². The van der Waals surface area contributed by atoms with E-state index in [-0.39, 0.29) is 6.04 Å². The summed E-state index contributed by atoms with van der Waals surface area (Å²) >= 11 is 0. The first-order chi connectivity index (χ1) is 7.95. The van der Waals surface area contributed by atoms with E-state index in [9.17, 15) is 13.2 Å². The normalized spacial score (nSPS) is 13.1. The van der Waals surface area contributed by atoms with Crippen LogP contribution in [0.15, 0.2) is 24.3 Å². The smallest absolute Gasteiger partial charge is 0.309 e. The number of benzene rings is 1. The molecule has 0 bridgehead atoms. The van der Waals surface area contributed by atoms with Gasteiger partial charge in [-0.05, 0) is 24.6 Å². The van der Waals surface area contributed by atoms with E-state index in [0.717, 1.165) is 17.7 Å². The van der Waals surface area contributed by atoms with Crippen LogP contribution in [0.5, 0.6) is 0 Å². The molecule has 1 atom stereocenters. The molecule has 0 aliphatic rings. The van der Waals surface area contributed by atoms with Crippen LogP contribution in [-0.2, 0) is 6.18 Å². The molecule has 0 saturated carbocycles. The SMILES string of the molecule is C#CCCNC(C)c1ccc(C(F)(F)F)cc1. The summed E-state index contributed by atoms with van der Waals surface area (Å²) in [6, 6.07) is 5.14. The van der Waals surface area contributed by atoms with E-state index in [4.69, 9.17) is 6.42 Å². The molecule has 4 heteroatoms. The van der Waals surface area contributed by atoms with Gasteiger partial charge in [0.25, 0.3) is 0 Å². The lowest BCUT2D eigenvalue weighted by Crippen LogP contribution is -2.19. The van der Waals surface area contributed by atoms with Gasteiger partial charge in [-0.1, -0.05) is 12.1 Å². The van der Waals surface area contributed by atoms with Crippen molar-refractivity contribution in [1.82, 2.24) is 5.32 Å². The lowest BCUT2D eigenvalue weighted by atomic mass is 10.1. The summed E-state index contributed by atoms with van der Waals surface area (Å²) in [6.45, 7) is 2.54. The Morgan fingerprint density at radius 2 is 1.88 bits per heavy atom. The summed E-state index contributed by atoms with van der Waals surface area (Å²) in [5.41, 5.74) is 0.187. The number of rotatable bonds is 4. The number of hydrogen-bond acceptors (Lipinski definition) is 1. The highest BCUT2D eigenvalue weighted by atomic mass is 19.4. The molecule has 1 unspecified atom stereocenters. The summed E-state index contributed by atoms with van der Waals surface area (Å²) in [5.74, 6) is 2.49. The molecule has 1 aromatic carbocycles. The Morgan fingerprint density at radius 3 is 2.35 bits per heavy atom. The molecule has 0 aromatic heterocycles. The Hall–Kier alpha value is -1.47. The predicted octanol–water partition coefficient (Wildman–Crippen LogP) is 3.38. The molecule has 0 radical (unpaired) electrons. The molecular weight excluding hydrogens is 227 g/mol.